The molecule has 0 fully saturated rings. The predicted molar refractivity (Wildman–Crippen MR) is 97.8 cm³/mol. The first-order chi connectivity index (χ1) is 11.1. The number of carbonyl (C=O) groups excluding carboxylic acids is 1. The van der Waals surface area contributed by atoms with E-state index in [1.165, 1.54) is 8.92 Å². The van der Waals surface area contributed by atoms with Crippen molar-refractivity contribution in [3.63, 3.8) is 0 Å². The van der Waals surface area contributed by atoms with Gasteiger partial charge in [-0.15, -0.1) is 0 Å². The molecule has 0 unspecified atom stereocenters. The Hall–Kier alpha value is -1.05. The third-order valence-electron chi connectivity index (χ3n) is 3.35. The average molecular weight is 440 g/mol. The number of benzene rings is 2. The van der Waals surface area contributed by atoms with Gasteiger partial charge in [0.05, 0.1) is 0 Å². The van der Waals surface area contributed by atoms with Crippen LogP contribution in [0.15, 0.2) is 60.7 Å². The fourth-order valence-corrected chi connectivity index (χ4v) is 9.06. The van der Waals surface area contributed by atoms with Gasteiger partial charge in [0.1, 0.15) is 0 Å². The molecule has 2 aromatic carbocycles. The Morgan fingerprint density at radius 3 is 1.74 bits per heavy atom. The van der Waals surface area contributed by atoms with Gasteiger partial charge >= 0.3 is 152 Å². The van der Waals surface area contributed by atoms with Gasteiger partial charge in [-0.3, -0.25) is 0 Å². The first kappa shape index (κ1) is 18.3. The van der Waals surface area contributed by atoms with Gasteiger partial charge < -0.3 is 0 Å². The van der Waals surface area contributed by atoms with Crippen molar-refractivity contribution < 1.29 is 9.53 Å². The Kier molecular flexibility index (Phi) is 6.92. The minimum atomic E-state index is -0.418. The van der Waals surface area contributed by atoms with E-state index in [0.717, 1.165) is 0 Å². The fraction of sp³-hybridized carbons (Fsp3) is 0.316. The van der Waals surface area contributed by atoms with E-state index in [-0.39, 0.29) is 41.8 Å². The van der Waals surface area contributed by atoms with Gasteiger partial charge in [-0.2, -0.15) is 0 Å². The van der Waals surface area contributed by atoms with Gasteiger partial charge in [0, 0.05) is 0 Å². The van der Waals surface area contributed by atoms with Gasteiger partial charge in [0.2, 0.25) is 0 Å². The summed E-state index contributed by atoms with van der Waals surface area (Å²) < 4.78 is 7.59. The standard InChI is InChI=1S/C19H22O2Se2/c1-4-21-18(20)19(15(2)3,22-16-11-7-5-8-12-16)23-17-13-9-6-10-14-17/h5-15H,4H2,1-3H3. The van der Waals surface area contributed by atoms with Gasteiger partial charge in [-0.05, 0) is 0 Å². The Morgan fingerprint density at radius 2 is 1.39 bits per heavy atom. The van der Waals surface area contributed by atoms with E-state index in [4.69, 9.17) is 4.74 Å². The van der Waals surface area contributed by atoms with Crippen LogP contribution in [0.4, 0.5) is 0 Å². The van der Waals surface area contributed by atoms with Crippen LogP contribution in [-0.4, -0.2) is 42.5 Å². The summed E-state index contributed by atoms with van der Waals surface area (Å²) in [6.07, 6.45) is 0. The van der Waals surface area contributed by atoms with Crippen LogP contribution in [0.1, 0.15) is 20.8 Å². The molecule has 0 aromatic heterocycles. The SMILES string of the molecule is CCOC(=O)C([Se]c1ccccc1)([Se]c1ccccc1)C(C)C. The summed E-state index contributed by atoms with van der Waals surface area (Å²) >= 11 is 0.0645. The molecule has 2 aromatic rings. The Morgan fingerprint density at radius 1 is 0.957 bits per heavy atom. The fourth-order valence-electron chi connectivity index (χ4n) is 2.13. The molecule has 0 saturated heterocycles. The minimum absolute atomic E-state index is 0.0323. The Labute approximate surface area is 151 Å². The van der Waals surface area contributed by atoms with Crippen LogP contribution in [0.5, 0.6) is 0 Å². The summed E-state index contributed by atoms with van der Waals surface area (Å²) in [5, 5.41) is 0. The molecule has 0 heterocycles. The normalized spacial score (nSPS) is 11.5. The molecule has 23 heavy (non-hydrogen) atoms. The summed E-state index contributed by atoms with van der Waals surface area (Å²) in [5.74, 6) is 0.199. The van der Waals surface area contributed by atoms with Crippen LogP contribution >= 0.6 is 0 Å². The van der Waals surface area contributed by atoms with Gasteiger partial charge in [0.25, 0.3) is 0 Å². The van der Waals surface area contributed by atoms with Gasteiger partial charge in [-0.1, -0.05) is 0 Å². The topological polar surface area (TPSA) is 26.3 Å². The molecule has 0 saturated carbocycles. The van der Waals surface area contributed by atoms with Crippen molar-refractivity contribution in [2.75, 3.05) is 6.61 Å². The number of hydrogen-bond acceptors (Lipinski definition) is 2. The van der Waals surface area contributed by atoms with Crippen molar-refractivity contribution in [1.29, 1.82) is 0 Å². The van der Waals surface area contributed by atoms with Gasteiger partial charge in [0.15, 0.2) is 0 Å². The summed E-state index contributed by atoms with van der Waals surface area (Å²) in [5.41, 5.74) is 0. The van der Waals surface area contributed by atoms with Crippen LogP contribution in [0, 0.1) is 5.92 Å². The summed E-state index contributed by atoms with van der Waals surface area (Å²) in [7, 11) is 0. The van der Waals surface area contributed by atoms with E-state index >= 15 is 0 Å². The van der Waals surface area contributed by atoms with E-state index in [1.54, 1.807) is 0 Å². The van der Waals surface area contributed by atoms with Crippen molar-refractivity contribution in [2.45, 2.75) is 24.0 Å². The second-order valence-corrected chi connectivity index (χ2v) is 12.2. The summed E-state index contributed by atoms with van der Waals surface area (Å²) in [6.45, 7) is 6.61. The van der Waals surface area contributed by atoms with E-state index in [0.29, 0.717) is 6.61 Å². The number of esters is 1. The maximum atomic E-state index is 12.9. The second-order valence-electron chi connectivity index (χ2n) is 5.37. The maximum absolute atomic E-state index is 12.9. The molecule has 0 aliphatic carbocycles. The first-order valence-corrected chi connectivity index (χ1v) is 11.2. The molecule has 0 atom stereocenters. The molecule has 0 amide bonds. The molecule has 0 spiro atoms. The van der Waals surface area contributed by atoms with Crippen LogP contribution in [0.2, 0.25) is 3.21 Å². The monoisotopic (exact) mass is 442 g/mol. The van der Waals surface area contributed by atoms with E-state index in [9.17, 15) is 4.79 Å². The number of rotatable bonds is 7. The zero-order valence-electron chi connectivity index (χ0n) is 13.7. The number of carbonyl (C=O) groups is 1. The molecule has 0 bridgehead atoms. The second kappa shape index (κ2) is 8.70. The van der Waals surface area contributed by atoms with Gasteiger partial charge in [-0.25, -0.2) is 0 Å². The molecule has 122 valence electrons. The quantitative estimate of drug-likeness (QED) is 0.489. The third kappa shape index (κ3) is 4.71. The van der Waals surface area contributed by atoms with Crippen molar-refractivity contribution in [2.24, 2.45) is 5.92 Å². The molecule has 4 heteroatoms. The van der Waals surface area contributed by atoms with Crippen LogP contribution < -0.4 is 8.92 Å². The average Bonchev–Trinajstić information content (AvgIpc) is 2.56. The van der Waals surface area contributed by atoms with Crippen LogP contribution in [0.3, 0.4) is 0 Å². The van der Waals surface area contributed by atoms with Crippen molar-refractivity contribution in [3.05, 3.63) is 60.7 Å². The summed E-state index contributed by atoms with van der Waals surface area (Å²) in [4.78, 5) is 12.9. The molecule has 0 N–H and O–H groups in total. The van der Waals surface area contributed by atoms with Crippen molar-refractivity contribution >= 4 is 44.8 Å². The first-order valence-electron chi connectivity index (χ1n) is 7.74. The number of hydrogen-bond donors (Lipinski definition) is 0. The molecule has 0 aliphatic rings. The Balaban J connectivity index is 2.40. The predicted octanol–water partition coefficient (Wildman–Crippen LogP) is 2.38. The molecular weight excluding hydrogens is 418 g/mol. The third-order valence-corrected chi connectivity index (χ3v) is 11.2. The zero-order chi connectivity index (χ0) is 16.7. The zero-order valence-corrected chi connectivity index (χ0v) is 17.1. The van der Waals surface area contributed by atoms with Crippen molar-refractivity contribution in [1.82, 2.24) is 0 Å². The van der Waals surface area contributed by atoms with Crippen LogP contribution in [0.25, 0.3) is 0 Å². The molecular formula is C19H22O2Se2. The van der Waals surface area contributed by atoms with Crippen LogP contribution in [-0.2, 0) is 9.53 Å². The number of ether oxygens (including phenoxy) is 1. The van der Waals surface area contributed by atoms with Crippen molar-refractivity contribution in [3.8, 4) is 0 Å². The van der Waals surface area contributed by atoms with E-state index in [2.05, 4.69) is 38.1 Å². The Bertz CT molecular complexity index is 570. The molecule has 0 radical (unpaired) electrons. The van der Waals surface area contributed by atoms with E-state index < -0.39 is 3.21 Å². The van der Waals surface area contributed by atoms with E-state index in [1.807, 2.05) is 43.3 Å². The molecule has 2 rings (SSSR count). The molecule has 0 aliphatic heterocycles. The molecule has 2 nitrogen and oxygen atoms in total. The summed E-state index contributed by atoms with van der Waals surface area (Å²) in [6, 6.07) is 20.7.